The fourth-order valence-electron chi connectivity index (χ4n) is 4.53. The minimum atomic E-state index is 0.412. The number of nitrogens with zero attached hydrogens (tertiary/aromatic N) is 4. The van der Waals surface area contributed by atoms with Gasteiger partial charge in [0, 0.05) is 57.9 Å². The average molecular weight is 339 g/mol. The molecule has 0 saturated carbocycles. The van der Waals surface area contributed by atoms with Crippen molar-refractivity contribution in [2.45, 2.75) is 51.8 Å². The Labute approximate surface area is 148 Å². The normalized spacial score (nSPS) is 30.2. The summed E-state index contributed by atoms with van der Waals surface area (Å²) in [7, 11) is 0. The van der Waals surface area contributed by atoms with E-state index in [0.717, 1.165) is 32.3 Å². The molecule has 3 rings (SSSR count). The minimum absolute atomic E-state index is 0.412. The number of likely N-dealkylation sites (tertiary alicyclic amines) is 1. The van der Waals surface area contributed by atoms with Crippen LogP contribution in [-0.4, -0.2) is 110 Å². The Morgan fingerprint density at radius 3 is 2.21 bits per heavy atom. The number of hydrogen-bond donors (Lipinski definition) is 0. The molecule has 0 aromatic carbocycles. The van der Waals surface area contributed by atoms with E-state index in [1.807, 2.05) is 0 Å². The summed E-state index contributed by atoms with van der Waals surface area (Å²) < 4.78 is 6.11. The SMILES string of the molecule is CCN1CCN(CC2CN(C3CCN(C(C)C)CC3)CCO2)CC1. The van der Waals surface area contributed by atoms with Gasteiger partial charge in [0.15, 0.2) is 0 Å². The summed E-state index contributed by atoms with van der Waals surface area (Å²) >= 11 is 0. The van der Waals surface area contributed by atoms with E-state index >= 15 is 0 Å². The Bertz CT molecular complexity index is 362. The molecule has 0 N–H and O–H groups in total. The van der Waals surface area contributed by atoms with E-state index in [4.69, 9.17) is 4.74 Å². The quantitative estimate of drug-likeness (QED) is 0.749. The minimum Gasteiger partial charge on any atom is -0.374 e. The third kappa shape index (κ3) is 4.92. The van der Waals surface area contributed by atoms with Gasteiger partial charge in [-0.25, -0.2) is 0 Å². The number of morpholine rings is 1. The Kier molecular flexibility index (Phi) is 6.93. The lowest BCUT2D eigenvalue weighted by atomic mass is 10.0. The molecule has 5 heteroatoms. The van der Waals surface area contributed by atoms with E-state index in [9.17, 15) is 0 Å². The molecule has 0 radical (unpaired) electrons. The molecule has 0 aromatic rings. The zero-order valence-corrected chi connectivity index (χ0v) is 16.1. The van der Waals surface area contributed by atoms with Gasteiger partial charge in [0.2, 0.25) is 0 Å². The molecule has 140 valence electrons. The highest BCUT2D eigenvalue weighted by molar-refractivity contribution is 4.85. The second kappa shape index (κ2) is 8.95. The van der Waals surface area contributed by atoms with E-state index < -0.39 is 0 Å². The number of piperazine rings is 1. The van der Waals surface area contributed by atoms with Crippen LogP contribution in [0.25, 0.3) is 0 Å². The van der Waals surface area contributed by atoms with Gasteiger partial charge in [-0.3, -0.25) is 9.80 Å². The third-order valence-electron chi connectivity index (χ3n) is 6.29. The van der Waals surface area contributed by atoms with Gasteiger partial charge >= 0.3 is 0 Å². The Morgan fingerprint density at radius 2 is 1.58 bits per heavy atom. The maximum absolute atomic E-state index is 6.11. The molecule has 0 spiro atoms. The standard InChI is InChI=1S/C19H38N4O/c1-4-20-9-11-21(12-10-20)15-19-16-23(13-14-24-19)18-5-7-22(8-6-18)17(2)3/h17-19H,4-16H2,1-3H3. The van der Waals surface area contributed by atoms with Crippen molar-refractivity contribution in [1.82, 2.24) is 19.6 Å². The molecule has 24 heavy (non-hydrogen) atoms. The van der Waals surface area contributed by atoms with Crippen LogP contribution in [0, 0.1) is 0 Å². The molecule has 3 aliphatic heterocycles. The van der Waals surface area contributed by atoms with Gasteiger partial charge in [0.1, 0.15) is 0 Å². The largest absolute Gasteiger partial charge is 0.374 e. The Morgan fingerprint density at radius 1 is 0.917 bits per heavy atom. The van der Waals surface area contributed by atoms with Gasteiger partial charge in [-0.1, -0.05) is 6.92 Å². The molecule has 3 fully saturated rings. The Balaban J connectivity index is 1.42. The first-order chi connectivity index (χ1) is 11.7. The summed E-state index contributed by atoms with van der Waals surface area (Å²) in [5.74, 6) is 0. The van der Waals surface area contributed by atoms with Gasteiger partial charge in [-0.05, 0) is 46.3 Å². The van der Waals surface area contributed by atoms with Crippen molar-refractivity contribution in [2.75, 3.05) is 72.1 Å². The van der Waals surface area contributed by atoms with Crippen LogP contribution in [-0.2, 0) is 4.74 Å². The van der Waals surface area contributed by atoms with Gasteiger partial charge < -0.3 is 14.5 Å². The van der Waals surface area contributed by atoms with Crippen molar-refractivity contribution < 1.29 is 4.74 Å². The second-order valence-electron chi connectivity index (χ2n) is 8.08. The van der Waals surface area contributed by atoms with Gasteiger partial charge in [-0.15, -0.1) is 0 Å². The van der Waals surface area contributed by atoms with E-state index in [0.29, 0.717) is 12.1 Å². The van der Waals surface area contributed by atoms with Crippen LogP contribution in [0.15, 0.2) is 0 Å². The fraction of sp³-hybridized carbons (Fsp3) is 1.00. The van der Waals surface area contributed by atoms with Crippen molar-refractivity contribution in [1.29, 1.82) is 0 Å². The predicted octanol–water partition coefficient (Wildman–Crippen LogP) is 1.20. The summed E-state index contributed by atoms with van der Waals surface area (Å²) in [6, 6.07) is 1.48. The van der Waals surface area contributed by atoms with Gasteiger partial charge in [0.05, 0.1) is 12.7 Å². The van der Waals surface area contributed by atoms with Gasteiger partial charge in [-0.2, -0.15) is 0 Å². The first-order valence-corrected chi connectivity index (χ1v) is 10.2. The molecule has 3 aliphatic rings. The van der Waals surface area contributed by atoms with Gasteiger partial charge in [0.25, 0.3) is 0 Å². The van der Waals surface area contributed by atoms with Crippen molar-refractivity contribution in [2.24, 2.45) is 0 Å². The first-order valence-electron chi connectivity index (χ1n) is 10.2. The van der Waals surface area contributed by atoms with Crippen LogP contribution in [0.2, 0.25) is 0 Å². The lowest BCUT2D eigenvalue weighted by molar-refractivity contribution is -0.0674. The molecule has 0 bridgehead atoms. The van der Waals surface area contributed by atoms with E-state index in [2.05, 4.69) is 40.4 Å². The highest BCUT2D eigenvalue weighted by Gasteiger charge is 2.31. The number of rotatable bonds is 5. The zero-order chi connectivity index (χ0) is 16.9. The maximum atomic E-state index is 6.11. The number of hydrogen-bond acceptors (Lipinski definition) is 5. The predicted molar refractivity (Wildman–Crippen MR) is 99.6 cm³/mol. The van der Waals surface area contributed by atoms with Crippen LogP contribution < -0.4 is 0 Å². The summed E-state index contributed by atoms with van der Waals surface area (Å²) in [4.78, 5) is 10.5. The summed E-state index contributed by atoms with van der Waals surface area (Å²) in [5, 5.41) is 0. The summed E-state index contributed by atoms with van der Waals surface area (Å²) in [6.45, 7) is 19.8. The number of likely N-dealkylation sites (N-methyl/N-ethyl adjacent to an activating group) is 1. The van der Waals surface area contributed by atoms with Crippen molar-refractivity contribution >= 4 is 0 Å². The van der Waals surface area contributed by atoms with Crippen LogP contribution in [0.1, 0.15) is 33.6 Å². The third-order valence-corrected chi connectivity index (χ3v) is 6.29. The lowest BCUT2D eigenvalue weighted by Crippen LogP contribution is -2.55. The van der Waals surface area contributed by atoms with Crippen LogP contribution in [0.5, 0.6) is 0 Å². The van der Waals surface area contributed by atoms with Crippen molar-refractivity contribution in [3.63, 3.8) is 0 Å². The molecular weight excluding hydrogens is 300 g/mol. The molecule has 0 aromatic heterocycles. The number of piperidine rings is 1. The maximum Gasteiger partial charge on any atom is 0.0829 e. The molecule has 1 atom stereocenters. The topological polar surface area (TPSA) is 22.2 Å². The summed E-state index contributed by atoms with van der Waals surface area (Å²) in [5.41, 5.74) is 0. The lowest BCUT2D eigenvalue weighted by Gasteiger charge is -2.44. The number of ether oxygens (including phenoxy) is 1. The zero-order valence-electron chi connectivity index (χ0n) is 16.1. The smallest absolute Gasteiger partial charge is 0.0829 e. The van der Waals surface area contributed by atoms with E-state index in [1.54, 1.807) is 0 Å². The summed E-state index contributed by atoms with van der Waals surface area (Å²) in [6.07, 6.45) is 3.08. The van der Waals surface area contributed by atoms with Crippen LogP contribution in [0.4, 0.5) is 0 Å². The van der Waals surface area contributed by atoms with Crippen LogP contribution in [0.3, 0.4) is 0 Å². The van der Waals surface area contributed by atoms with Crippen molar-refractivity contribution in [3.8, 4) is 0 Å². The molecule has 3 heterocycles. The highest BCUT2D eigenvalue weighted by atomic mass is 16.5. The van der Waals surface area contributed by atoms with E-state index in [1.165, 1.54) is 58.7 Å². The van der Waals surface area contributed by atoms with Crippen molar-refractivity contribution in [3.05, 3.63) is 0 Å². The molecule has 5 nitrogen and oxygen atoms in total. The Hall–Kier alpha value is -0.200. The molecule has 0 aliphatic carbocycles. The molecule has 0 amide bonds. The molecular formula is C19H38N4O. The second-order valence-corrected chi connectivity index (χ2v) is 8.08. The molecule has 3 saturated heterocycles. The van der Waals surface area contributed by atoms with E-state index in [-0.39, 0.29) is 0 Å². The first kappa shape index (κ1) is 18.6. The molecule has 1 unspecified atom stereocenters. The highest BCUT2D eigenvalue weighted by Crippen LogP contribution is 2.21. The average Bonchev–Trinajstić information content (AvgIpc) is 2.63. The fourth-order valence-corrected chi connectivity index (χ4v) is 4.53. The monoisotopic (exact) mass is 338 g/mol. The van der Waals surface area contributed by atoms with Crippen LogP contribution >= 0.6 is 0 Å².